The molecular weight excluding hydrogens is 250 g/mol. The molecule has 0 saturated carbocycles. The van der Waals surface area contributed by atoms with Crippen LogP contribution in [0.4, 0.5) is 17.2 Å². The van der Waals surface area contributed by atoms with E-state index >= 15 is 0 Å². The first kappa shape index (κ1) is 14.4. The number of unbranched alkanes of at least 4 members (excludes halogenated alkanes) is 1. The average molecular weight is 274 g/mol. The quantitative estimate of drug-likeness (QED) is 0.694. The Morgan fingerprint density at radius 1 is 1.30 bits per heavy atom. The van der Waals surface area contributed by atoms with Crippen molar-refractivity contribution < 1.29 is 5.73 Å². The Bertz CT molecular complexity index is 582. The van der Waals surface area contributed by atoms with E-state index in [2.05, 4.69) is 34.0 Å². The molecule has 0 spiro atoms. The van der Waals surface area contributed by atoms with E-state index in [0.29, 0.717) is 5.82 Å². The molecule has 0 aliphatic rings. The number of quaternary nitrogens is 1. The fourth-order valence-corrected chi connectivity index (χ4v) is 2.49. The van der Waals surface area contributed by atoms with Crippen molar-refractivity contribution in [2.24, 2.45) is 0 Å². The van der Waals surface area contributed by atoms with Crippen LogP contribution in [-0.4, -0.2) is 32.2 Å². The van der Waals surface area contributed by atoms with Crippen molar-refractivity contribution in [3.05, 3.63) is 24.3 Å². The Hall–Kier alpha value is -2.01. The molecule has 0 aliphatic carbocycles. The van der Waals surface area contributed by atoms with Crippen LogP contribution in [0, 0.1) is 0 Å². The van der Waals surface area contributed by atoms with Crippen molar-refractivity contribution in [3.63, 3.8) is 0 Å². The summed E-state index contributed by atoms with van der Waals surface area (Å²) in [6.45, 7) is 1.96. The summed E-state index contributed by atoms with van der Waals surface area (Å²) in [7, 11) is 3.99. The predicted octanol–water partition coefficient (Wildman–Crippen LogP) is 1.32. The number of fused-ring (bicyclic) bond motifs is 1. The first-order valence-corrected chi connectivity index (χ1v) is 7.05. The van der Waals surface area contributed by atoms with Gasteiger partial charge >= 0.3 is 0 Å². The van der Waals surface area contributed by atoms with Gasteiger partial charge in [-0.2, -0.15) is 0 Å². The van der Waals surface area contributed by atoms with Crippen molar-refractivity contribution in [1.82, 2.24) is 4.98 Å². The minimum Gasteiger partial charge on any atom is -0.383 e. The fraction of sp³-hybridized carbons (Fsp3) is 0.400. The molecule has 0 amide bonds. The van der Waals surface area contributed by atoms with Crippen LogP contribution in [0.25, 0.3) is 10.9 Å². The van der Waals surface area contributed by atoms with Crippen molar-refractivity contribution >= 4 is 28.1 Å². The van der Waals surface area contributed by atoms with E-state index in [1.54, 1.807) is 0 Å². The van der Waals surface area contributed by atoms with E-state index < -0.39 is 0 Å². The summed E-state index contributed by atoms with van der Waals surface area (Å²) in [6, 6.07) is 8.11. The lowest BCUT2D eigenvalue weighted by atomic mass is 10.1. The van der Waals surface area contributed by atoms with Crippen LogP contribution in [-0.2, 0) is 0 Å². The third kappa shape index (κ3) is 2.77. The Morgan fingerprint density at radius 3 is 2.75 bits per heavy atom. The summed E-state index contributed by atoms with van der Waals surface area (Å²) in [6.07, 6.45) is 2.26. The number of nitrogen functional groups attached to an aromatic ring is 1. The summed E-state index contributed by atoms with van der Waals surface area (Å²) < 4.78 is 0. The van der Waals surface area contributed by atoms with Gasteiger partial charge in [0.15, 0.2) is 0 Å². The smallest absolute Gasteiger partial charge is 0.149 e. The number of para-hydroxylation sites is 1. The minimum absolute atomic E-state index is 0.546. The number of pyridine rings is 1. The van der Waals surface area contributed by atoms with Crippen LogP contribution in [0.2, 0.25) is 0 Å². The summed E-state index contributed by atoms with van der Waals surface area (Å²) in [5.41, 5.74) is 12.9. The molecule has 2 rings (SSSR count). The Morgan fingerprint density at radius 2 is 2.05 bits per heavy atom. The summed E-state index contributed by atoms with van der Waals surface area (Å²) in [5.74, 6) is 0.546. The zero-order valence-electron chi connectivity index (χ0n) is 12.3. The van der Waals surface area contributed by atoms with Gasteiger partial charge in [0.05, 0.1) is 17.7 Å². The number of hydrogen-bond acceptors (Lipinski definition) is 4. The van der Waals surface area contributed by atoms with Gasteiger partial charge in [-0.25, -0.2) is 4.98 Å². The molecule has 0 radical (unpaired) electrons. The Labute approximate surface area is 120 Å². The number of nitrogens with two attached hydrogens (primary N) is 1. The highest BCUT2D eigenvalue weighted by atomic mass is 15.1. The lowest BCUT2D eigenvalue weighted by molar-refractivity contribution is -0.368. The highest BCUT2D eigenvalue weighted by Gasteiger charge is 2.15. The monoisotopic (exact) mass is 274 g/mol. The van der Waals surface area contributed by atoms with Gasteiger partial charge in [-0.3, -0.25) is 0 Å². The Balaban J connectivity index is 2.47. The topological polar surface area (TPSA) is 81.8 Å². The van der Waals surface area contributed by atoms with Crippen molar-refractivity contribution in [3.8, 4) is 0 Å². The zero-order valence-corrected chi connectivity index (χ0v) is 12.3. The lowest BCUT2D eigenvalue weighted by Crippen LogP contribution is -2.50. The number of anilines is 3. The molecule has 1 heterocycles. The van der Waals surface area contributed by atoms with Gasteiger partial charge < -0.3 is 21.7 Å². The largest absolute Gasteiger partial charge is 0.383 e. The fourth-order valence-electron chi connectivity index (χ4n) is 2.49. The molecule has 0 atom stereocenters. The molecule has 2 aromatic rings. The van der Waals surface area contributed by atoms with Crippen molar-refractivity contribution in [2.75, 3.05) is 43.1 Å². The first-order chi connectivity index (χ1) is 9.69. The Kier molecular flexibility index (Phi) is 4.63. The van der Waals surface area contributed by atoms with Gasteiger partial charge in [0.2, 0.25) is 0 Å². The van der Waals surface area contributed by atoms with Crippen LogP contribution in [0.3, 0.4) is 0 Å². The van der Waals surface area contributed by atoms with Crippen LogP contribution in [0.5, 0.6) is 0 Å². The average Bonchev–Trinajstić information content (AvgIpc) is 2.45. The molecule has 0 unspecified atom stereocenters. The van der Waals surface area contributed by atoms with Gasteiger partial charge in [-0.1, -0.05) is 18.2 Å². The van der Waals surface area contributed by atoms with Crippen molar-refractivity contribution in [1.29, 1.82) is 0 Å². The van der Waals surface area contributed by atoms with E-state index in [1.807, 2.05) is 25.2 Å². The van der Waals surface area contributed by atoms with Gasteiger partial charge in [0.25, 0.3) is 0 Å². The number of benzene rings is 1. The molecule has 20 heavy (non-hydrogen) atoms. The number of hydrogen-bond donors (Lipinski definition) is 3. The highest BCUT2D eigenvalue weighted by Crippen LogP contribution is 2.36. The van der Waals surface area contributed by atoms with Crippen LogP contribution < -0.4 is 21.7 Å². The molecule has 0 bridgehead atoms. The highest BCUT2D eigenvalue weighted by molar-refractivity contribution is 6.01. The van der Waals surface area contributed by atoms with Crippen LogP contribution in [0.15, 0.2) is 24.3 Å². The molecule has 5 heteroatoms. The molecule has 0 fully saturated rings. The first-order valence-electron chi connectivity index (χ1n) is 7.05. The normalized spacial score (nSPS) is 10.8. The summed E-state index contributed by atoms with van der Waals surface area (Å²) >= 11 is 0. The molecule has 108 valence electrons. The maximum Gasteiger partial charge on any atom is 0.149 e. The van der Waals surface area contributed by atoms with Gasteiger partial charge in [-0.05, 0) is 18.9 Å². The summed E-state index contributed by atoms with van der Waals surface area (Å²) in [4.78, 5) is 6.72. The zero-order chi connectivity index (χ0) is 14.5. The molecule has 1 aromatic carbocycles. The number of aromatic nitrogens is 1. The third-order valence-electron chi connectivity index (χ3n) is 3.52. The maximum absolute atomic E-state index is 6.08. The van der Waals surface area contributed by atoms with Crippen molar-refractivity contribution in [2.45, 2.75) is 12.8 Å². The van der Waals surface area contributed by atoms with E-state index in [0.717, 1.165) is 48.2 Å². The molecule has 1 aromatic heterocycles. The molecular formula is C15H24N5+. The van der Waals surface area contributed by atoms with Gasteiger partial charge in [-0.15, -0.1) is 0 Å². The number of nitrogens with zero attached hydrogens (tertiary/aromatic N) is 2. The standard InChI is InChI=1S/C15H23N5/c1-18-13-14(20(2)10-6-5-9-16)11-7-3-4-8-12(11)19-15(13)17/h3-4,7-8,18H,5-6,9-10,16H2,1-2H3,(H2,17,19)/p+1. The second-order valence-electron chi connectivity index (χ2n) is 4.97. The molecule has 6 N–H and O–H groups in total. The molecule has 0 aliphatic heterocycles. The minimum atomic E-state index is 0.546. The molecule has 0 saturated heterocycles. The number of rotatable bonds is 6. The van der Waals surface area contributed by atoms with Gasteiger partial charge in [0, 0.05) is 26.0 Å². The third-order valence-corrected chi connectivity index (χ3v) is 3.52. The van der Waals surface area contributed by atoms with Crippen LogP contribution >= 0.6 is 0 Å². The SMILES string of the molecule is CNc1c(N)nc2ccccc2c1N(C)CCCC[NH3+]. The van der Waals surface area contributed by atoms with E-state index in [4.69, 9.17) is 5.73 Å². The van der Waals surface area contributed by atoms with E-state index in [9.17, 15) is 0 Å². The predicted molar refractivity (Wildman–Crippen MR) is 86.0 cm³/mol. The van der Waals surface area contributed by atoms with Gasteiger partial charge in [0.1, 0.15) is 11.5 Å². The molecule has 5 nitrogen and oxygen atoms in total. The summed E-state index contributed by atoms with van der Waals surface area (Å²) in [5, 5.41) is 4.31. The van der Waals surface area contributed by atoms with E-state index in [1.165, 1.54) is 0 Å². The second kappa shape index (κ2) is 6.43. The van der Waals surface area contributed by atoms with E-state index in [-0.39, 0.29) is 0 Å². The second-order valence-corrected chi connectivity index (χ2v) is 4.97. The van der Waals surface area contributed by atoms with Crippen LogP contribution in [0.1, 0.15) is 12.8 Å². The maximum atomic E-state index is 6.08. The number of nitrogens with one attached hydrogen (secondary N) is 1. The lowest BCUT2D eigenvalue weighted by Gasteiger charge is -2.24.